The molecule has 29 heavy (non-hydrogen) atoms. The van der Waals surface area contributed by atoms with Gasteiger partial charge in [0.15, 0.2) is 11.0 Å². The van der Waals surface area contributed by atoms with E-state index in [1.165, 1.54) is 26.0 Å². The minimum absolute atomic E-state index is 0.149. The molecule has 0 unspecified atom stereocenters. The Hall–Kier alpha value is -2.65. The van der Waals surface area contributed by atoms with Crippen molar-refractivity contribution < 1.29 is 18.7 Å². The molecule has 1 amide bonds. The first kappa shape index (κ1) is 21.1. The average Bonchev–Trinajstić information content (AvgIpc) is 3.32. The summed E-state index contributed by atoms with van der Waals surface area (Å²) in [6, 6.07) is 5.07. The second-order valence-corrected chi connectivity index (χ2v) is 7.31. The molecule has 3 rings (SSSR count). The van der Waals surface area contributed by atoms with Crippen molar-refractivity contribution in [3.05, 3.63) is 35.2 Å². The van der Waals surface area contributed by atoms with Crippen LogP contribution in [0.25, 0.3) is 11.4 Å². The smallest absolute Gasteiger partial charge is 0.234 e. The van der Waals surface area contributed by atoms with Crippen LogP contribution in [0.2, 0.25) is 5.02 Å². The topological polar surface area (TPSA) is 91.4 Å². The number of rotatable bonds is 8. The lowest BCUT2D eigenvalue weighted by molar-refractivity contribution is -0.113. The third kappa shape index (κ3) is 4.51. The predicted molar refractivity (Wildman–Crippen MR) is 112 cm³/mol. The molecule has 0 saturated heterocycles. The third-order valence-electron chi connectivity index (χ3n) is 4.21. The maximum Gasteiger partial charge on any atom is 0.234 e. The molecular formula is C19H21ClN4O4S. The van der Waals surface area contributed by atoms with Crippen LogP contribution >= 0.6 is 23.4 Å². The SMILES string of the molecule is CCn1c(SCC(=O)Nc2cc(OC)c(Cl)cc2OC)nnc1-c1ccoc1C. The zero-order valence-corrected chi connectivity index (χ0v) is 18.1. The molecule has 0 bridgehead atoms. The lowest BCUT2D eigenvalue weighted by Gasteiger charge is -2.13. The molecule has 2 aromatic heterocycles. The number of nitrogens with one attached hydrogen (secondary N) is 1. The van der Waals surface area contributed by atoms with E-state index in [1.54, 1.807) is 18.4 Å². The van der Waals surface area contributed by atoms with Gasteiger partial charge in [-0.25, -0.2) is 0 Å². The summed E-state index contributed by atoms with van der Waals surface area (Å²) in [6.45, 7) is 4.54. The molecule has 3 aromatic rings. The Balaban J connectivity index is 1.72. The molecule has 0 aliphatic rings. The largest absolute Gasteiger partial charge is 0.495 e. The number of amides is 1. The second-order valence-electron chi connectivity index (χ2n) is 5.96. The number of carbonyl (C=O) groups excluding carboxylic acids is 1. The van der Waals surface area contributed by atoms with E-state index in [9.17, 15) is 4.79 Å². The quantitative estimate of drug-likeness (QED) is 0.527. The number of hydrogen-bond acceptors (Lipinski definition) is 7. The fourth-order valence-corrected chi connectivity index (χ4v) is 3.80. The highest BCUT2D eigenvalue weighted by Gasteiger charge is 2.18. The molecule has 0 spiro atoms. The first-order chi connectivity index (χ1) is 14.0. The molecule has 154 valence electrons. The highest BCUT2D eigenvalue weighted by molar-refractivity contribution is 7.99. The number of hydrogen-bond donors (Lipinski definition) is 1. The molecule has 0 aliphatic heterocycles. The summed E-state index contributed by atoms with van der Waals surface area (Å²) in [6.07, 6.45) is 1.62. The first-order valence-electron chi connectivity index (χ1n) is 8.80. The van der Waals surface area contributed by atoms with E-state index >= 15 is 0 Å². The molecule has 0 fully saturated rings. The number of methoxy groups -OCH3 is 2. The van der Waals surface area contributed by atoms with Gasteiger partial charge >= 0.3 is 0 Å². The van der Waals surface area contributed by atoms with Gasteiger partial charge in [-0.15, -0.1) is 10.2 Å². The lowest BCUT2D eigenvalue weighted by Crippen LogP contribution is -2.15. The number of benzene rings is 1. The van der Waals surface area contributed by atoms with Crippen molar-refractivity contribution in [3.63, 3.8) is 0 Å². The van der Waals surface area contributed by atoms with Crippen LogP contribution in [-0.4, -0.2) is 40.6 Å². The number of anilines is 1. The van der Waals surface area contributed by atoms with Crippen LogP contribution in [0.5, 0.6) is 11.5 Å². The summed E-state index contributed by atoms with van der Waals surface area (Å²) in [5, 5.41) is 12.4. The number of thioether (sulfide) groups is 1. The molecule has 8 nitrogen and oxygen atoms in total. The Bertz CT molecular complexity index is 1020. The van der Waals surface area contributed by atoms with Crippen LogP contribution in [0.15, 0.2) is 34.0 Å². The summed E-state index contributed by atoms with van der Waals surface area (Å²) in [5.41, 5.74) is 1.36. The predicted octanol–water partition coefficient (Wildman–Crippen LogP) is 4.27. The molecule has 1 N–H and O–H groups in total. The van der Waals surface area contributed by atoms with Crippen LogP contribution in [0.3, 0.4) is 0 Å². The highest BCUT2D eigenvalue weighted by Crippen LogP contribution is 2.36. The first-order valence-corrected chi connectivity index (χ1v) is 10.2. The average molecular weight is 437 g/mol. The van der Waals surface area contributed by atoms with Crippen molar-refractivity contribution in [2.24, 2.45) is 0 Å². The van der Waals surface area contributed by atoms with Gasteiger partial charge in [-0.05, 0) is 19.9 Å². The third-order valence-corrected chi connectivity index (χ3v) is 5.48. The van der Waals surface area contributed by atoms with E-state index in [0.717, 1.165) is 11.3 Å². The fourth-order valence-electron chi connectivity index (χ4n) is 2.77. The van der Waals surface area contributed by atoms with E-state index in [1.807, 2.05) is 24.5 Å². The van der Waals surface area contributed by atoms with Gasteiger partial charge in [-0.1, -0.05) is 23.4 Å². The molecule has 0 radical (unpaired) electrons. The van der Waals surface area contributed by atoms with Crippen molar-refractivity contribution in [1.29, 1.82) is 0 Å². The number of halogens is 1. The van der Waals surface area contributed by atoms with Crippen molar-refractivity contribution in [1.82, 2.24) is 14.8 Å². The zero-order valence-electron chi connectivity index (χ0n) is 16.5. The van der Waals surface area contributed by atoms with E-state index in [-0.39, 0.29) is 11.7 Å². The van der Waals surface area contributed by atoms with Crippen molar-refractivity contribution >= 4 is 35.0 Å². The summed E-state index contributed by atoms with van der Waals surface area (Å²) < 4.78 is 17.8. The number of carbonyl (C=O) groups is 1. The highest BCUT2D eigenvalue weighted by atomic mass is 35.5. The van der Waals surface area contributed by atoms with Crippen LogP contribution in [0.4, 0.5) is 5.69 Å². The standard InChI is InChI=1S/C19H21ClN4O4S/c1-5-24-18(12-6-7-28-11(12)2)22-23-19(24)29-10-17(25)21-14-9-15(26-3)13(20)8-16(14)27-4/h6-9H,5,10H2,1-4H3,(H,21,25). The van der Waals surface area contributed by atoms with E-state index in [2.05, 4.69) is 15.5 Å². The summed E-state index contributed by atoms with van der Waals surface area (Å²) in [7, 11) is 3.01. The van der Waals surface area contributed by atoms with Crippen LogP contribution < -0.4 is 14.8 Å². The Morgan fingerprint density at radius 3 is 2.66 bits per heavy atom. The molecule has 1 aromatic carbocycles. The molecular weight excluding hydrogens is 416 g/mol. The van der Waals surface area contributed by atoms with Gasteiger partial charge in [0.2, 0.25) is 5.91 Å². The molecule has 2 heterocycles. The lowest BCUT2D eigenvalue weighted by atomic mass is 10.2. The minimum Gasteiger partial charge on any atom is -0.495 e. The molecule has 0 atom stereocenters. The van der Waals surface area contributed by atoms with E-state index in [0.29, 0.717) is 39.7 Å². The number of aromatic nitrogens is 3. The van der Waals surface area contributed by atoms with E-state index in [4.69, 9.17) is 25.5 Å². The van der Waals surface area contributed by atoms with E-state index < -0.39 is 0 Å². The Morgan fingerprint density at radius 2 is 2.03 bits per heavy atom. The molecule has 0 aliphatic carbocycles. The fraction of sp³-hybridized carbons (Fsp3) is 0.316. The monoisotopic (exact) mass is 436 g/mol. The summed E-state index contributed by atoms with van der Waals surface area (Å²) in [4.78, 5) is 12.5. The number of aryl methyl sites for hydroxylation is 1. The normalized spacial score (nSPS) is 10.8. The second kappa shape index (κ2) is 9.23. The van der Waals surface area contributed by atoms with Crippen LogP contribution in [0, 0.1) is 6.92 Å². The zero-order chi connectivity index (χ0) is 21.0. The van der Waals surface area contributed by atoms with Crippen molar-refractivity contribution in [2.45, 2.75) is 25.5 Å². The number of ether oxygens (including phenoxy) is 2. The van der Waals surface area contributed by atoms with Gasteiger partial charge in [0, 0.05) is 18.7 Å². The van der Waals surface area contributed by atoms with Gasteiger partial charge in [0.05, 0.1) is 42.5 Å². The van der Waals surface area contributed by atoms with Gasteiger partial charge in [-0.2, -0.15) is 0 Å². The van der Waals surface area contributed by atoms with Crippen molar-refractivity contribution in [2.75, 3.05) is 25.3 Å². The Labute approximate surface area is 177 Å². The minimum atomic E-state index is -0.218. The van der Waals surface area contributed by atoms with Gasteiger partial charge in [0.1, 0.15) is 17.3 Å². The van der Waals surface area contributed by atoms with Gasteiger partial charge < -0.3 is 23.8 Å². The van der Waals surface area contributed by atoms with Crippen LogP contribution in [-0.2, 0) is 11.3 Å². The Kier molecular flexibility index (Phi) is 6.71. The van der Waals surface area contributed by atoms with Crippen molar-refractivity contribution in [3.8, 4) is 22.9 Å². The molecule has 0 saturated carbocycles. The summed E-state index contributed by atoms with van der Waals surface area (Å²) >= 11 is 7.40. The summed E-state index contributed by atoms with van der Waals surface area (Å²) in [5.74, 6) is 2.31. The number of furan rings is 1. The Morgan fingerprint density at radius 1 is 1.28 bits per heavy atom. The van der Waals surface area contributed by atoms with Gasteiger partial charge in [0.25, 0.3) is 0 Å². The van der Waals surface area contributed by atoms with Crippen LogP contribution in [0.1, 0.15) is 12.7 Å². The maximum atomic E-state index is 12.5. The van der Waals surface area contributed by atoms with Gasteiger partial charge in [-0.3, -0.25) is 4.79 Å². The number of nitrogens with zero attached hydrogens (tertiary/aromatic N) is 3. The maximum absolute atomic E-state index is 12.5. The molecule has 10 heteroatoms.